The topological polar surface area (TPSA) is 65.7 Å². The molecule has 10 heteroatoms. The normalized spacial score (nSPS) is 11.4. The summed E-state index contributed by atoms with van der Waals surface area (Å²) >= 11 is 17.9. The molecule has 37 heavy (non-hydrogen) atoms. The largest absolute Gasteiger partial charge is 0.490 e. The molecule has 1 heterocycles. The van der Waals surface area contributed by atoms with Crippen LogP contribution in [-0.4, -0.2) is 22.5 Å². The lowest BCUT2D eigenvalue weighted by atomic mass is 10.2. The van der Waals surface area contributed by atoms with Crippen LogP contribution in [-0.2, 0) is 13.0 Å². The third-order valence-corrected chi connectivity index (χ3v) is 7.27. The first-order chi connectivity index (χ1) is 17.8. The predicted octanol–water partition coefficient (Wildman–Crippen LogP) is 7.88. The van der Waals surface area contributed by atoms with Crippen LogP contribution in [0.1, 0.15) is 37.2 Å². The Morgan fingerprint density at radius 2 is 1.92 bits per heavy atom. The zero-order valence-corrected chi connectivity index (χ0v) is 25.4. The summed E-state index contributed by atoms with van der Waals surface area (Å²) in [5, 5.41) is 6.13. The summed E-state index contributed by atoms with van der Waals surface area (Å²) in [5.74, 6) is 1.78. The number of benzene rings is 3. The molecular weight excluding hydrogens is 692 g/mol. The Kier molecular flexibility index (Phi) is 9.50. The van der Waals surface area contributed by atoms with Gasteiger partial charge in [-0.2, -0.15) is 9.78 Å². The minimum atomic E-state index is -0.217. The van der Waals surface area contributed by atoms with Crippen molar-refractivity contribution in [2.24, 2.45) is 5.10 Å². The van der Waals surface area contributed by atoms with Gasteiger partial charge in [0.25, 0.3) is 5.56 Å². The minimum Gasteiger partial charge on any atom is -0.490 e. The molecule has 0 saturated heterocycles. The molecule has 0 unspecified atom stereocenters. The number of rotatable bonds is 9. The summed E-state index contributed by atoms with van der Waals surface area (Å²) in [6.45, 7) is 4.66. The van der Waals surface area contributed by atoms with Crippen LogP contribution in [0.2, 0.25) is 10.0 Å². The first-order valence-electron chi connectivity index (χ1n) is 11.6. The highest BCUT2D eigenvalue weighted by atomic mass is 127. The molecule has 0 amide bonds. The van der Waals surface area contributed by atoms with E-state index in [0.29, 0.717) is 51.3 Å². The van der Waals surface area contributed by atoms with Crippen LogP contribution < -0.4 is 15.0 Å². The molecular formula is C27H23BrCl2IN3O3. The average molecular weight is 715 g/mol. The molecule has 0 aliphatic carbocycles. The van der Waals surface area contributed by atoms with E-state index >= 15 is 0 Å². The van der Waals surface area contributed by atoms with Crippen LogP contribution in [0.5, 0.6) is 11.5 Å². The van der Waals surface area contributed by atoms with Crippen LogP contribution in [0.25, 0.3) is 10.9 Å². The standard InChI is InChI=1S/C27H23BrCl2IN3O3/c1-3-5-25-33-23-9-7-18(28)12-20(23)27(35)34(25)32-14-16-10-22(31)26(24(11-16)36-4-2)37-15-17-6-8-19(29)13-21(17)30/h6-14H,3-5,15H2,1-2H3. The van der Waals surface area contributed by atoms with E-state index in [4.69, 9.17) is 32.7 Å². The van der Waals surface area contributed by atoms with Crippen molar-refractivity contribution in [2.45, 2.75) is 33.3 Å². The van der Waals surface area contributed by atoms with Crippen molar-refractivity contribution in [2.75, 3.05) is 6.61 Å². The van der Waals surface area contributed by atoms with Gasteiger partial charge in [-0.3, -0.25) is 4.79 Å². The predicted molar refractivity (Wildman–Crippen MR) is 162 cm³/mol. The van der Waals surface area contributed by atoms with E-state index < -0.39 is 0 Å². The molecule has 4 rings (SSSR count). The fourth-order valence-corrected chi connectivity index (χ4v) is 5.28. The van der Waals surface area contributed by atoms with Crippen LogP contribution in [0.15, 0.2) is 62.9 Å². The molecule has 0 spiro atoms. The van der Waals surface area contributed by atoms with E-state index in [2.05, 4.69) is 48.6 Å². The zero-order valence-electron chi connectivity index (χ0n) is 20.1. The molecule has 1 aromatic heterocycles. The van der Waals surface area contributed by atoms with E-state index in [1.165, 1.54) is 4.68 Å². The van der Waals surface area contributed by atoms with Crippen molar-refractivity contribution >= 4 is 78.8 Å². The van der Waals surface area contributed by atoms with Gasteiger partial charge >= 0.3 is 0 Å². The molecule has 0 radical (unpaired) electrons. The van der Waals surface area contributed by atoms with Gasteiger partial charge in [-0.1, -0.05) is 52.1 Å². The highest BCUT2D eigenvalue weighted by molar-refractivity contribution is 14.1. The van der Waals surface area contributed by atoms with Crippen LogP contribution in [0.3, 0.4) is 0 Å². The molecule has 0 bridgehead atoms. The Hall–Kier alpha value is -2.14. The number of nitrogens with zero attached hydrogens (tertiary/aromatic N) is 3. The Balaban J connectivity index is 1.68. The first-order valence-corrected chi connectivity index (χ1v) is 14.2. The van der Waals surface area contributed by atoms with Crippen molar-refractivity contribution in [3.63, 3.8) is 0 Å². The van der Waals surface area contributed by atoms with Gasteiger partial charge in [-0.05, 0) is 84.0 Å². The molecule has 0 atom stereocenters. The van der Waals surface area contributed by atoms with Gasteiger partial charge in [0.05, 0.1) is 27.3 Å². The molecule has 0 saturated carbocycles. The molecule has 0 aliphatic rings. The SMILES string of the molecule is CCCc1nc2ccc(Br)cc2c(=O)n1N=Cc1cc(I)c(OCc2ccc(Cl)cc2Cl)c(OCC)c1. The molecule has 0 N–H and O–H groups in total. The Morgan fingerprint density at radius 3 is 2.65 bits per heavy atom. The molecule has 6 nitrogen and oxygen atoms in total. The van der Waals surface area contributed by atoms with Crippen molar-refractivity contribution < 1.29 is 9.47 Å². The molecule has 4 aromatic rings. The number of hydrogen-bond acceptors (Lipinski definition) is 5. The van der Waals surface area contributed by atoms with E-state index in [1.54, 1.807) is 24.4 Å². The second kappa shape index (κ2) is 12.6. The lowest BCUT2D eigenvalue weighted by molar-refractivity contribution is 0.267. The van der Waals surface area contributed by atoms with Crippen molar-refractivity contribution in [1.29, 1.82) is 0 Å². The third-order valence-electron chi connectivity index (χ3n) is 5.39. The first kappa shape index (κ1) is 27.9. The number of aryl methyl sites for hydroxylation is 1. The summed E-state index contributed by atoms with van der Waals surface area (Å²) in [6.07, 6.45) is 3.09. The fraction of sp³-hybridized carbons (Fsp3) is 0.222. The van der Waals surface area contributed by atoms with E-state index in [1.807, 2.05) is 44.2 Å². The smallest absolute Gasteiger partial charge is 0.282 e. The summed E-state index contributed by atoms with van der Waals surface area (Å²) in [4.78, 5) is 18.0. The lowest BCUT2D eigenvalue weighted by Crippen LogP contribution is -2.22. The summed E-state index contributed by atoms with van der Waals surface area (Å²) in [7, 11) is 0. The second-order valence-electron chi connectivity index (χ2n) is 8.09. The summed E-state index contributed by atoms with van der Waals surface area (Å²) in [6, 6.07) is 14.5. The average Bonchev–Trinajstić information content (AvgIpc) is 2.85. The summed E-state index contributed by atoms with van der Waals surface area (Å²) in [5.41, 5.74) is 2.01. The fourth-order valence-electron chi connectivity index (χ4n) is 3.68. The van der Waals surface area contributed by atoms with Crippen LogP contribution in [0.4, 0.5) is 0 Å². The lowest BCUT2D eigenvalue weighted by Gasteiger charge is -2.15. The maximum absolute atomic E-state index is 13.3. The Bertz CT molecular complexity index is 1540. The van der Waals surface area contributed by atoms with Crippen LogP contribution in [0, 0.1) is 3.57 Å². The van der Waals surface area contributed by atoms with Gasteiger partial charge in [0.15, 0.2) is 11.5 Å². The van der Waals surface area contributed by atoms with Gasteiger partial charge in [0.2, 0.25) is 0 Å². The van der Waals surface area contributed by atoms with E-state index in [0.717, 1.165) is 25.6 Å². The van der Waals surface area contributed by atoms with E-state index in [9.17, 15) is 4.79 Å². The van der Waals surface area contributed by atoms with Gasteiger partial charge in [-0.25, -0.2) is 4.98 Å². The van der Waals surface area contributed by atoms with Gasteiger partial charge in [-0.15, -0.1) is 0 Å². The number of aromatic nitrogens is 2. The Morgan fingerprint density at radius 1 is 1.11 bits per heavy atom. The monoisotopic (exact) mass is 713 g/mol. The van der Waals surface area contributed by atoms with Crippen molar-refractivity contribution in [1.82, 2.24) is 9.66 Å². The molecule has 0 aliphatic heterocycles. The minimum absolute atomic E-state index is 0.217. The zero-order chi connectivity index (χ0) is 26.5. The number of halogens is 4. The highest BCUT2D eigenvalue weighted by Gasteiger charge is 2.14. The van der Waals surface area contributed by atoms with Crippen molar-refractivity contribution in [3.8, 4) is 11.5 Å². The molecule has 192 valence electrons. The highest BCUT2D eigenvalue weighted by Crippen LogP contribution is 2.35. The maximum Gasteiger partial charge on any atom is 0.282 e. The molecule has 0 fully saturated rings. The van der Waals surface area contributed by atoms with Gasteiger partial charge in [0, 0.05) is 26.5 Å². The van der Waals surface area contributed by atoms with Crippen molar-refractivity contribution in [3.05, 3.63) is 93.9 Å². The summed E-state index contributed by atoms with van der Waals surface area (Å²) < 4.78 is 15.0. The van der Waals surface area contributed by atoms with E-state index in [-0.39, 0.29) is 12.2 Å². The second-order valence-corrected chi connectivity index (χ2v) is 11.0. The van der Waals surface area contributed by atoms with Crippen LogP contribution >= 0.6 is 61.7 Å². The molecule has 3 aromatic carbocycles. The maximum atomic E-state index is 13.3. The number of hydrogen-bond donors (Lipinski definition) is 0. The quantitative estimate of drug-likeness (QED) is 0.131. The third kappa shape index (κ3) is 6.66. The van der Waals surface area contributed by atoms with Gasteiger partial charge < -0.3 is 9.47 Å². The van der Waals surface area contributed by atoms with Gasteiger partial charge in [0.1, 0.15) is 12.4 Å². The number of ether oxygens (including phenoxy) is 2. The number of fused-ring (bicyclic) bond motifs is 1. The Labute approximate surface area is 246 Å².